The van der Waals surface area contributed by atoms with Crippen molar-refractivity contribution in [2.75, 3.05) is 46.1 Å². The third kappa shape index (κ3) is 3.76. The predicted octanol–water partition coefficient (Wildman–Crippen LogP) is -1.37. The average Bonchev–Trinajstić information content (AvgIpc) is 2.52. The number of hydrogen-bond acceptors (Lipinski definition) is 6. The van der Waals surface area contributed by atoms with Gasteiger partial charge < -0.3 is 15.0 Å². The zero-order valence-corrected chi connectivity index (χ0v) is 13.8. The van der Waals surface area contributed by atoms with E-state index in [-0.39, 0.29) is 24.9 Å². The molecule has 0 aromatic carbocycles. The lowest BCUT2D eigenvalue weighted by atomic mass is 9.96. The van der Waals surface area contributed by atoms with Crippen LogP contribution >= 0.6 is 0 Å². The summed E-state index contributed by atoms with van der Waals surface area (Å²) in [6.07, 6.45) is 2.61. The average molecular weight is 333 g/mol. The first-order valence-electron chi connectivity index (χ1n) is 7.38. The van der Waals surface area contributed by atoms with Gasteiger partial charge in [0, 0.05) is 25.6 Å². The highest BCUT2D eigenvalue weighted by Gasteiger charge is 2.40. The van der Waals surface area contributed by atoms with E-state index in [0.29, 0.717) is 6.54 Å². The largest absolute Gasteiger partial charge is 0.468 e. The van der Waals surface area contributed by atoms with E-state index in [9.17, 15) is 18.0 Å². The first-order chi connectivity index (χ1) is 10.3. The first-order valence-corrected chi connectivity index (χ1v) is 9.23. The third-order valence-electron chi connectivity index (χ3n) is 4.23. The maximum atomic E-state index is 12.5. The lowest BCUT2D eigenvalue weighted by molar-refractivity contribution is -0.150. The molecule has 0 bridgehead atoms. The summed E-state index contributed by atoms with van der Waals surface area (Å²) >= 11 is 0. The minimum atomic E-state index is -3.52. The van der Waals surface area contributed by atoms with E-state index in [2.05, 4.69) is 5.32 Å². The van der Waals surface area contributed by atoms with E-state index in [1.54, 1.807) is 4.90 Å². The molecule has 2 heterocycles. The van der Waals surface area contributed by atoms with Crippen molar-refractivity contribution in [3.05, 3.63) is 0 Å². The molecule has 1 N–H and O–H groups in total. The van der Waals surface area contributed by atoms with Gasteiger partial charge in [-0.3, -0.25) is 9.59 Å². The van der Waals surface area contributed by atoms with Crippen LogP contribution < -0.4 is 5.32 Å². The van der Waals surface area contributed by atoms with Crippen molar-refractivity contribution in [3.63, 3.8) is 0 Å². The van der Waals surface area contributed by atoms with Crippen molar-refractivity contribution in [1.29, 1.82) is 0 Å². The van der Waals surface area contributed by atoms with Crippen molar-refractivity contribution in [1.82, 2.24) is 14.5 Å². The number of hydrogen-bond donors (Lipinski definition) is 1. The van der Waals surface area contributed by atoms with Gasteiger partial charge in [0.2, 0.25) is 15.9 Å². The Morgan fingerprint density at radius 2 is 1.82 bits per heavy atom. The molecule has 1 atom stereocenters. The van der Waals surface area contributed by atoms with Crippen molar-refractivity contribution in [2.24, 2.45) is 5.92 Å². The minimum absolute atomic E-state index is 0.00329. The van der Waals surface area contributed by atoms with Crippen molar-refractivity contribution < 1.29 is 22.7 Å². The molecular formula is C13H23N3O5S. The van der Waals surface area contributed by atoms with Crippen molar-refractivity contribution in [2.45, 2.75) is 18.9 Å². The van der Waals surface area contributed by atoms with Gasteiger partial charge in [-0.1, -0.05) is 0 Å². The Morgan fingerprint density at radius 3 is 2.36 bits per heavy atom. The Labute approximate surface area is 130 Å². The fourth-order valence-electron chi connectivity index (χ4n) is 3.02. The molecule has 22 heavy (non-hydrogen) atoms. The Bertz CT molecular complexity index is 530. The van der Waals surface area contributed by atoms with Crippen LogP contribution in [0.5, 0.6) is 0 Å². The Kier molecular flexibility index (Phi) is 5.41. The second kappa shape index (κ2) is 6.93. The highest BCUT2D eigenvalue weighted by Crippen LogP contribution is 2.20. The Morgan fingerprint density at radius 1 is 1.18 bits per heavy atom. The summed E-state index contributed by atoms with van der Waals surface area (Å²) in [6, 6.07) is -0.959. The van der Waals surface area contributed by atoms with E-state index in [1.165, 1.54) is 7.11 Å². The van der Waals surface area contributed by atoms with Gasteiger partial charge in [0.1, 0.15) is 6.04 Å². The quantitative estimate of drug-likeness (QED) is 0.640. The molecule has 2 aliphatic rings. The highest BCUT2D eigenvalue weighted by atomic mass is 32.2. The molecule has 0 aromatic rings. The fourth-order valence-corrected chi connectivity index (χ4v) is 4.05. The van der Waals surface area contributed by atoms with E-state index in [4.69, 9.17) is 4.74 Å². The minimum Gasteiger partial charge on any atom is -0.468 e. The second-order valence-electron chi connectivity index (χ2n) is 5.72. The van der Waals surface area contributed by atoms with Gasteiger partial charge in [-0.15, -0.1) is 0 Å². The summed E-state index contributed by atoms with van der Waals surface area (Å²) in [5.74, 6) is -0.680. The van der Waals surface area contributed by atoms with Gasteiger partial charge in [0.25, 0.3) is 0 Å². The molecular weight excluding hydrogens is 310 g/mol. The highest BCUT2D eigenvalue weighted by molar-refractivity contribution is 7.88. The predicted molar refractivity (Wildman–Crippen MR) is 79.5 cm³/mol. The zero-order chi connectivity index (χ0) is 16.3. The molecule has 0 radical (unpaired) electrons. The normalized spacial score (nSPS) is 25.0. The summed E-state index contributed by atoms with van der Waals surface area (Å²) < 4.78 is 29.4. The molecule has 126 valence electrons. The molecule has 2 saturated heterocycles. The van der Waals surface area contributed by atoms with Crippen LogP contribution in [0, 0.1) is 5.92 Å². The molecule has 8 nitrogen and oxygen atoms in total. The smallest absolute Gasteiger partial charge is 0.326 e. The molecule has 0 spiro atoms. The number of sulfonamides is 1. The number of piperidine rings is 1. The zero-order valence-electron chi connectivity index (χ0n) is 12.9. The third-order valence-corrected chi connectivity index (χ3v) is 5.52. The molecule has 0 unspecified atom stereocenters. The number of nitrogens with one attached hydrogen (secondary N) is 1. The monoisotopic (exact) mass is 333 g/mol. The van der Waals surface area contributed by atoms with Crippen LogP contribution in [0.4, 0.5) is 0 Å². The van der Waals surface area contributed by atoms with Gasteiger partial charge >= 0.3 is 5.97 Å². The van der Waals surface area contributed by atoms with Crippen LogP contribution in [0.3, 0.4) is 0 Å². The van der Waals surface area contributed by atoms with Gasteiger partial charge in [-0.05, 0) is 25.9 Å². The van der Waals surface area contributed by atoms with Gasteiger partial charge in [-0.2, -0.15) is 4.31 Å². The molecule has 2 fully saturated rings. The number of nitrogens with zero attached hydrogens (tertiary/aromatic N) is 2. The maximum Gasteiger partial charge on any atom is 0.326 e. The molecule has 2 rings (SSSR count). The number of piperazine rings is 1. The van der Waals surface area contributed by atoms with Crippen LogP contribution in [0.2, 0.25) is 0 Å². The number of methoxy groups -OCH3 is 1. The molecule has 9 heteroatoms. The van der Waals surface area contributed by atoms with Gasteiger partial charge in [0.05, 0.1) is 13.4 Å². The van der Waals surface area contributed by atoms with Crippen LogP contribution in [-0.2, 0) is 24.3 Å². The second-order valence-corrected chi connectivity index (χ2v) is 7.66. The van der Waals surface area contributed by atoms with E-state index >= 15 is 0 Å². The molecule has 0 aromatic heterocycles. The number of carbonyl (C=O) groups is 2. The van der Waals surface area contributed by atoms with E-state index in [1.807, 2.05) is 0 Å². The lowest BCUT2D eigenvalue weighted by Crippen LogP contribution is -2.60. The van der Waals surface area contributed by atoms with E-state index < -0.39 is 22.0 Å². The lowest BCUT2D eigenvalue weighted by Gasteiger charge is -2.40. The summed E-state index contributed by atoms with van der Waals surface area (Å²) in [5.41, 5.74) is 0. The first kappa shape index (κ1) is 17.2. The van der Waals surface area contributed by atoms with Crippen LogP contribution in [0.25, 0.3) is 0 Å². The number of carbonyl (C=O) groups excluding carboxylic acids is 2. The fraction of sp³-hybridized carbons (Fsp3) is 0.846. The number of ether oxygens (including phenoxy) is 1. The SMILES string of the molecule is COC(=O)[C@@H]1CN(C(=O)C2CCNCC2)CCN1S(C)(=O)=O. The molecule has 0 aliphatic carbocycles. The standard InChI is InChI=1S/C13H23N3O5S/c1-21-13(18)11-9-15(7-8-16(11)22(2,19)20)12(17)10-3-5-14-6-4-10/h10-11,14H,3-9H2,1-2H3/t11-/m0/s1. The van der Waals surface area contributed by atoms with E-state index in [0.717, 1.165) is 36.5 Å². The number of amides is 1. The van der Waals surface area contributed by atoms with Gasteiger partial charge in [0.15, 0.2) is 0 Å². The summed E-state index contributed by atoms with van der Waals surface area (Å²) in [6.45, 7) is 2.10. The van der Waals surface area contributed by atoms with Crippen LogP contribution in [0.15, 0.2) is 0 Å². The Hall–Kier alpha value is -1.19. The number of esters is 1. The molecule has 0 saturated carbocycles. The molecule has 1 amide bonds. The van der Waals surface area contributed by atoms with Crippen molar-refractivity contribution in [3.8, 4) is 0 Å². The van der Waals surface area contributed by atoms with Crippen LogP contribution in [0.1, 0.15) is 12.8 Å². The maximum absolute atomic E-state index is 12.5. The van der Waals surface area contributed by atoms with Gasteiger partial charge in [-0.25, -0.2) is 8.42 Å². The number of rotatable bonds is 3. The van der Waals surface area contributed by atoms with Crippen LogP contribution in [-0.4, -0.2) is 81.6 Å². The summed E-state index contributed by atoms with van der Waals surface area (Å²) in [4.78, 5) is 26.0. The van der Waals surface area contributed by atoms with Crippen molar-refractivity contribution >= 4 is 21.9 Å². The summed E-state index contributed by atoms with van der Waals surface area (Å²) in [5, 5.41) is 3.20. The molecule has 2 aliphatic heterocycles. The summed E-state index contributed by atoms with van der Waals surface area (Å²) in [7, 11) is -2.30. The topological polar surface area (TPSA) is 96.0 Å². The Balaban J connectivity index is 2.10.